The summed E-state index contributed by atoms with van der Waals surface area (Å²) in [6, 6.07) is 9.18. The van der Waals surface area contributed by atoms with E-state index in [9.17, 15) is 0 Å². The summed E-state index contributed by atoms with van der Waals surface area (Å²) in [6.07, 6.45) is 0. The average Bonchev–Trinajstić information content (AvgIpc) is 2.14. The minimum Gasteiger partial charge on any atom is -0.380 e. The first-order chi connectivity index (χ1) is 7.69. The molecule has 0 unspecified atom stereocenters. The zero-order chi connectivity index (χ0) is 11.2. The normalized spacial score (nSPS) is 24.9. The number of likely N-dealkylation sites (tertiary alicyclic amines) is 1. The van der Waals surface area contributed by atoms with E-state index in [-0.39, 0.29) is 0 Å². The highest BCUT2D eigenvalue weighted by atomic mass is 79.9. The molecule has 3 rings (SSSR count). The van der Waals surface area contributed by atoms with Crippen LogP contribution < -0.4 is 0 Å². The molecule has 3 heteroatoms. The molecule has 2 saturated heterocycles. The van der Waals surface area contributed by atoms with E-state index in [1.165, 1.54) is 18.7 Å². The molecule has 1 spiro atoms. The molecule has 0 bridgehead atoms. The molecule has 2 nitrogen and oxygen atoms in total. The van der Waals surface area contributed by atoms with Crippen LogP contribution in [0.2, 0.25) is 0 Å². The molecular formula is C13H16BrNO. The Bertz CT molecular complexity index is 377. The molecule has 2 aliphatic rings. The van der Waals surface area contributed by atoms with E-state index >= 15 is 0 Å². The smallest absolute Gasteiger partial charge is 0.0569 e. The zero-order valence-corrected chi connectivity index (χ0v) is 11.0. The first-order valence-corrected chi connectivity index (χ1v) is 6.55. The number of benzene rings is 1. The van der Waals surface area contributed by atoms with Gasteiger partial charge < -0.3 is 4.74 Å². The number of rotatable bonds is 2. The molecular weight excluding hydrogens is 266 g/mol. The third-order valence-electron chi connectivity index (χ3n) is 3.79. The van der Waals surface area contributed by atoms with Crippen LogP contribution in [0.1, 0.15) is 18.5 Å². The lowest BCUT2D eigenvalue weighted by molar-refractivity contribution is -0.197. The summed E-state index contributed by atoms with van der Waals surface area (Å²) in [5, 5.41) is 0. The van der Waals surface area contributed by atoms with Gasteiger partial charge in [-0.3, -0.25) is 4.90 Å². The first kappa shape index (κ1) is 10.8. The predicted octanol–water partition coefficient (Wildman–Crippen LogP) is 2.84. The lowest BCUT2D eigenvalue weighted by atomic mass is 9.77. The first-order valence-electron chi connectivity index (χ1n) is 5.76. The molecule has 0 N–H and O–H groups in total. The summed E-state index contributed by atoms with van der Waals surface area (Å²) in [5.74, 6) is 0. The van der Waals surface area contributed by atoms with Crippen LogP contribution >= 0.6 is 15.9 Å². The molecule has 16 heavy (non-hydrogen) atoms. The van der Waals surface area contributed by atoms with E-state index in [0.717, 1.165) is 17.7 Å². The van der Waals surface area contributed by atoms with E-state index in [0.29, 0.717) is 11.5 Å². The van der Waals surface area contributed by atoms with Crippen molar-refractivity contribution in [2.45, 2.75) is 13.0 Å². The van der Waals surface area contributed by atoms with Crippen molar-refractivity contribution in [2.75, 3.05) is 26.3 Å². The van der Waals surface area contributed by atoms with Crippen molar-refractivity contribution in [3.63, 3.8) is 0 Å². The summed E-state index contributed by atoms with van der Waals surface area (Å²) in [4.78, 5) is 2.53. The van der Waals surface area contributed by atoms with Crippen LogP contribution in [0.4, 0.5) is 0 Å². The molecule has 0 radical (unpaired) electrons. The van der Waals surface area contributed by atoms with Crippen molar-refractivity contribution in [1.29, 1.82) is 0 Å². The van der Waals surface area contributed by atoms with Crippen molar-refractivity contribution in [3.05, 3.63) is 34.3 Å². The summed E-state index contributed by atoms with van der Waals surface area (Å²) in [7, 11) is 0. The molecule has 0 amide bonds. The van der Waals surface area contributed by atoms with E-state index in [2.05, 4.69) is 52.0 Å². The van der Waals surface area contributed by atoms with Crippen LogP contribution in [0.25, 0.3) is 0 Å². The molecule has 1 aromatic rings. The Balaban J connectivity index is 1.65. The fourth-order valence-electron chi connectivity index (χ4n) is 2.61. The Morgan fingerprint density at radius 2 is 1.88 bits per heavy atom. The molecule has 0 aromatic heterocycles. The molecule has 0 aliphatic carbocycles. The third-order valence-corrected chi connectivity index (χ3v) is 4.32. The summed E-state index contributed by atoms with van der Waals surface area (Å²) in [5.41, 5.74) is 1.92. The second-order valence-electron chi connectivity index (χ2n) is 5.13. The number of halogens is 1. The predicted molar refractivity (Wildman–Crippen MR) is 67.4 cm³/mol. The van der Waals surface area contributed by atoms with Gasteiger partial charge in [0, 0.05) is 29.0 Å². The maximum Gasteiger partial charge on any atom is 0.0569 e. The molecule has 0 saturated carbocycles. The standard InChI is InChI=1S/C13H16BrNO/c1-10(11-2-4-12(14)5-3-11)15-6-13(7-15)8-16-9-13/h2-5,10H,6-9H2,1H3/t10-/m0/s1. The summed E-state index contributed by atoms with van der Waals surface area (Å²) >= 11 is 3.47. The van der Waals surface area contributed by atoms with Gasteiger partial charge in [0.2, 0.25) is 0 Å². The van der Waals surface area contributed by atoms with Gasteiger partial charge in [-0.1, -0.05) is 28.1 Å². The van der Waals surface area contributed by atoms with Gasteiger partial charge in [-0.05, 0) is 24.6 Å². The van der Waals surface area contributed by atoms with E-state index < -0.39 is 0 Å². The Morgan fingerprint density at radius 1 is 1.25 bits per heavy atom. The highest BCUT2D eigenvalue weighted by Crippen LogP contribution is 2.41. The molecule has 2 heterocycles. The maximum atomic E-state index is 5.30. The van der Waals surface area contributed by atoms with Crippen LogP contribution in [0, 0.1) is 5.41 Å². The van der Waals surface area contributed by atoms with Gasteiger partial charge >= 0.3 is 0 Å². The monoisotopic (exact) mass is 281 g/mol. The molecule has 1 atom stereocenters. The molecule has 2 fully saturated rings. The highest BCUT2D eigenvalue weighted by Gasteiger charge is 2.50. The van der Waals surface area contributed by atoms with Crippen molar-refractivity contribution < 1.29 is 4.74 Å². The van der Waals surface area contributed by atoms with Crippen molar-refractivity contribution in [3.8, 4) is 0 Å². The second-order valence-corrected chi connectivity index (χ2v) is 6.04. The summed E-state index contributed by atoms with van der Waals surface area (Å²) in [6.45, 7) is 6.62. The van der Waals surface area contributed by atoms with E-state index in [1.807, 2.05) is 0 Å². The quantitative estimate of drug-likeness (QED) is 0.827. The lowest BCUT2D eigenvalue weighted by Gasteiger charge is -2.57. The van der Waals surface area contributed by atoms with Crippen molar-refractivity contribution >= 4 is 15.9 Å². The van der Waals surface area contributed by atoms with Gasteiger partial charge in [-0.25, -0.2) is 0 Å². The highest BCUT2D eigenvalue weighted by molar-refractivity contribution is 9.10. The average molecular weight is 282 g/mol. The van der Waals surface area contributed by atoms with Gasteiger partial charge in [0.05, 0.1) is 13.2 Å². The van der Waals surface area contributed by atoms with E-state index in [4.69, 9.17) is 4.74 Å². The minimum atomic E-state index is 0.517. The van der Waals surface area contributed by atoms with Gasteiger partial charge in [0.25, 0.3) is 0 Å². The number of hydrogen-bond acceptors (Lipinski definition) is 2. The van der Waals surface area contributed by atoms with Crippen LogP contribution in [-0.2, 0) is 4.74 Å². The number of ether oxygens (including phenoxy) is 1. The third kappa shape index (κ3) is 1.71. The SMILES string of the molecule is C[C@@H](c1ccc(Br)cc1)N1CC2(COC2)C1. The van der Waals surface area contributed by atoms with Crippen LogP contribution in [0.5, 0.6) is 0 Å². The Labute approximate surface area is 105 Å². The Morgan fingerprint density at radius 3 is 2.38 bits per heavy atom. The molecule has 1 aromatic carbocycles. The summed E-state index contributed by atoms with van der Waals surface area (Å²) < 4.78 is 6.45. The van der Waals surface area contributed by atoms with Gasteiger partial charge in [-0.2, -0.15) is 0 Å². The zero-order valence-electron chi connectivity index (χ0n) is 9.45. The molecule has 86 valence electrons. The van der Waals surface area contributed by atoms with Gasteiger partial charge in [0.1, 0.15) is 0 Å². The van der Waals surface area contributed by atoms with Crippen molar-refractivity contribution in [1.82, 2.24) is 4.90 Å². The topological polar surface area (TPSA) is 12.5 Å². The van der Waals surface area contributed by atoms with Crippen molar-refractivity contribution in [2.24, 2.45) is 5.41 Å². The van der Waals surface area contributed by atoms with Crippen LogP contribution in [-0.4, -0.2) is 31.2 Å². The largest absolute Gasteiger partial charge is 0.380 e. The number of nitrogens with zero attached hydrogens (tertiary/aromatic N) is 1. The Kier molecular flexibility index (Phi) is 2.57. The Hall–Kier alpha value is -0.380. The minimum absolute atomic E-state index is 0.517. The lowest BCUT2D eigenvalue weighted by Crippen LogP contribution is -2.66. The van der Waals surface area contributed by atoms with Gasteiger partial charge in [-0.15, -0.1) is 0 Å². The van der Waals surface area contributed by atoms with Gasteiger partial charge in [0.15, 0.2) is 0 Å². The fraction of sp³-hybridized carbons (Fsp3) is 0.538. The van der Waals surface area contributed by atoms with E-state index in [1.54, 1.807) is 0 Å². The van der Waals surface area contributed by atoms with Crippen LogP contribution in [0.15, 0.2) is 28.7 Å². The molecule has 2 aliphatic heterocycles. The number of hydrogen-bond donors (Lipinski definition) is 0. The fourth-order valence-corrected chi connectivity index (χ4v) is 2.88. The van der Waals surface area contributed by atoms with Crippen LogP contribution in [0.3, 0.4) is 0 Å². The second kappa shape index (κ2) is 3.83. The maximum absolute atomic E-state index is 5.30.